The number of aryl methyl sites for hydroxylation is 3. The van der Waals surface area contributed by atoms with Gasteiger partial charge in [0, 0.05) is 11.4 Å². The molecule has 0 aliphatic carbocycles. The monoisotopic (exact) mass is 201 g/mol. The largest absolute Gasteiger partial charge is 0.258 e. The third-order valence-electron chi connectivity index (χ3n) is 2.59. The molecule has 1 aromatic rings. The Hall–Kier alpha value is -1.37. The van der Waals surface area contributed by atoms with Crippen LogP contribution in [0.2, 0.25) is 0 Å². The topological polar surface area (TPSA) is 12.4 Å². The van der Waals surface area contributed by atoms with Crippen molar-refractivity contribution in [2.45, 2.75) is 34.6 Å². The number of allylic oxidation sites excluding steroid dienone is 1. The fraction of sp³-hybridized carbons (Fsp3) is 0.357. The van der Waals surface area contributed by atoms with Crippen LogP contribution in [0.15, 0.2) is 29.4 Å². The minimum atomic E-state index is 0.852. The minimum absolute atomic E-state index is 0.852. The molecule has 0 saturated heterocycles. The maximum Gasteiger partial charge on any atom is 0.0450 e. The Balaban J connectivity index is 3.26. The Labute approximate surface area is 92.6 Å². The summed E-state index contributed by atoms with van der Waals surface area (Å²) in [4.78, 5) is 4.40. The van der Waals surface area contributed by atoms with Gasteiger partial charge < -0.3 is 0 Å². The second kappa shape index (κ2) is 4.43. The van der Waals surface area contributed by atoms with E-state index in [1.807, 2.05) is 13.8 Å². The Bertz CT molecular complexity index is 425. The summed E-state index contributed by atoms with van der Waals surface area (Å²) in [5, 5.41) is 0. The van der Waals surface area contributed by atoms with Crippen LogP contribution in [0, 0.1) is 20.8 Å². The van der Waals surface area contributed by atoms with Gasteiger partial charge in [-0.25, -0.2) is 0 Å². The van der Waals surface area contributed by atoms with E-state index in [1.54, 1.807) is 0 Å². The van der Waals surface area contributed by atoms with Gasteiger partial charge in [0.15, 0.2) is 0 Å². The first-order valence-corrected chi connectivity index (χ1v) is 5.21. The standard InChI is InChI=1S/C14H19N/c1-9(2)15-13(6)14-8-11(4)10(3)7-12(14)5/h7-8H,1H2,2-6H3. The van der Waals surface area contributed by atoms with Crippen molar-refractivity contribution in [2.75, 3.05) is 0 Å². The van der Waals surface area contributed by atoms with E-state index in [0.717, 1.165) is 11.4 Å². The Morgan fingerprint density at radius 2 is 1.53 bits per heavy atom. The number of aliphatic imine (C=N–C) groups is 1. The van der Waals surface area contributed by atoms with Crippen LogP contribution in [0.1, 0.15) is 36.1 Å². The molecule has 0 amide bonds. The van der Waals surface area contributed by atoms with E-state index in [0.29, 0.717) is 0 Å². The van der Waals surface area contributed by atoms with Gasteiger partial charge in [-0.15, -0.1) is 0 Å². The van der Waals surface area contributed by atoms with Crippen LogP contribution < -0.4 is 0 Å². The molecule has 0 N–H and O–H groups in total. The van der Waals surface area contributed by atoms with Gasteiger partial charge in [-0.2, -0.15) is 0 Å². The average molecular weight is 201 g/mol. The predicted molar refractivity (Wildman–Crippen MR) is 67.7 cm³/mol. The number of rotatable bonds is 2. The van der Waals surface area contributed by atoms with Crippen molar-refractivity contribution in [2.24, 2.45) is 4.99 Å². The molecule has 1 rings (SSSR count). The van der Waals surface area contributed by atoms with E-state index >= 15 is 0 Å². The first kappa shape index (κ1) is 11.7. The summed E-state index contributed by atoms with van der Waals surface area (Å²) in [6.07, 6.45) is 0. The van der Waals surface area contributed by atoms with Crippen LogP contribution in [0.4, 0.5) is 0 Å². The summed E-state index contributed by atoms with van der Waals surface area (Å²) >= 11 is 0. The van der Waals surface area contributed by atoms with Crippen molar-refractivity contribution < 1.29 is 0 Å². The first-order chi connectivity index (χ1) is 6.91. The van der Waals surface area contributed by atoms with Gasteiger partial charge in [0.25, 0.3) is 0 Å². The highest BCUT2D eigenvalue weighted by Crippen LogP contribution is 2.16. The molecule has 0 radical (unpaired) electrons. The third-order valence-corrected chi connectivity index (χ3v) is 2.59. The lowest BCUT2D eigenvalue weighted by molar-refractivity contribution is 1.26. The van der Waals surface area contributed by atoms with Crippen molar-refractivity contribution in [3.05, 3.63) is 46.7 Å². The van der Waals surface area contributed by atoms with Gasteiger partial charge in [0.1, 0.15) is 0 Å². The Kier molecular flexibility index (Phi) is 3.46. The molecule has 0 saturated carbocycles. The van der Waals surface area contributed by atoms with Gasteiger partial charge in [0.05, 0.1) is 0 Å². The van der Waals surface area contributed by atoms with Crippen molar-refractivity contribution in [1.82, 2.24) is 0 Å². The molecule has 1 nitrogen and oxygen atoms in total. The van der Waals surface area contributed by atoms with E-state index in [1.165, 1.54) is 22.3 Å². The molecular formula is C14H19N. The molecular weight excluding hydrogens is 182 g/mol. The molecule has 0 aromatic heterocycles. The van der Waals surface area contributed by atoms with Crippen molar-refractivity contribution in [3.8, 4) is 0 Å². The van der Waals surface area contributed by atoms with Gasteiger partial charge in [-0.3, -0.25) is 4.99 Å². The predicted octanol–water partition coefficient (Wildman–Crippen LogP) is 3.95. The smallest absolute Gasteiger partial charge is 0.0450 e. The number of hydrogen-bond acceptors (Lipinski definition) is 1. The highest BCUT2D eigenvalue weighted by Gasteiger charge is 2.04. The highest BCUT2D eigenvalue weighted by molar-refractivity contribution is 6.00. The number of hydrogen-bond donors (Lipinski definition) is 0. The van der Waals surface area contributed by atoms with E-state index in [4.69, 9.17) is 0 Å². The molecule has 0 bridgehead atoms. The summed E-state index contributed by atoms with van der Waals surface area (Å²) in [5.74, 6) is 0. The fourth-order valence-electron chi connectivity index (χ4n) is 1.70. The molecule has 1 aromatic carbocycles. The normalized spacial score (nSPS) is 11.7. The quantitative estimate of drug-likeness (QED) is 0.642. The molecule has 0 aliphatic heterocycles. The van der Waals surface area contributed by atoms with Crippen LogP contribution in [-0.4, -0.2) is 5.71 Å². The van der Waals surface area contributed by atoms with E-state index in [-0.39, 0.29) is 0 Å². The van der Waals surface area contributed by atoms with E-state index in [2.05, 4.69) is 44.5 Å². The lowest BCUT2D eigenvalue weighted by Gasteiger charge is -2.09. The molecule has 1 heteroatoms. The zero-order valence-electron chi connectivity index (χ0n) is 10.3. The van der Waals surface area contributed by atoms with Gasteiger partial charge >= 0.3 is 0 Å². The first-order valence-electron chi connectivity index (χ1n) is 5.21. The van der Waals surface area contributed by atoms with Crippen LogP contribution in [0.5, 0.6) is 0 Å². The van der Waals surface area contributed by atoms with Crippen molar-refractivity contribution in [3.63, 3.8) is 0 Å². The van der Waals surface area contributed by atoms with Crippen molar-refractivity contribution >= 4 is 5.71 Å². The third kappa shape index (κ3) is 2.79. The van der Waals surface area contributed by atoms with Gasteiger partial charge in [-0.05, 0) is 62.9 Å². The summed E-state index contributed by atoms with van der Waals surface area (Å²) in [5.41, 5.74) is 7.04. The molecule has 0 aliphatic rings. The summed E-state index contributed by atoms with van der Waals surface area (Å²) in [6.45, 7) is 14.1. The number of benzene rings is 1. The lowest BCUT2D eigenvalue weighted by Crippen LogP contribution is -2.00. The number of nitrogens with zero attached hydrogens (tertiary/aromatic N) is 1. The average Bonchev–Trinajstić information content (AvgIpc) is 2.09. The molecule has 0 heterocycles. The van der Waals surface area contributed by atoms with Crippen LogP contribution in [0.25, 0.3) is 0 Å². The molecule has 0 spiro atoms. The summed E-state index contributed by atoms with van der Waals surface area (Å²) in [6, 6.07) is 4.41. The maximum atomic E-state index is 4.40. The maximum absolute atomic E-state index is 4.40. The van der Waals surface area contributed by atoms with E-state index < -0.39 is 0 Å². The molecule has 0 unspecified atom stereocenters. The summed E-state index contributed by atoms with van der Waals surface area (Å²) in [7, 11) is 0. The minimum Gasteiger partial charge on any atom is -0.258 e. The molecule has 0 fully saturated rings. The van der Waals surface area contributed by atoms with Crippen LogP contribution in [-0.2, 0) is 0 Å². The van der Waals surface area contributed by atoms with E-state index in [9.17, 15) is 0 Å². The Morgan fingerprint density at radius 3 is 2.07 bits per heavy atom. The lowest BCUT2D eigenvalue weighted by atomic mass is 9.98. The highest BCUT2D eigenvalue weighted by atomic mass is 14.7. The SMILES string of the molecule is C=C(C)N=C(C)c1cc(C)c(C)cc1C. The van der Waals surface area contributed by atoms with Crippen molar-refractivity contribution in [1.29, 1.82) is 0 Å². The second-order valence-electron chi connectivity index (χ2n) is 4.18. The zero-order valence-corrected chi connectivity index (χ0v) is 10.3. The van der Waals surface area contributed by atoms with Gasteiger partial charge in [0.2, 0.25) is 0 Å². The van der Waals surface area contributed by atoms with Crippen LogP contribution in [0.3, 0.4) is 0 Å². The van der Waals surface area contributed by atoms with Gasteiger partial charge in [-0.1, -0.05) is 12.6 Å². The molecule has 0 atom stereocenters. The second-order valence-corrected chi connectivity index (χ2v) is 4.18. The summed E-state index contributed by atoms with van der Waals surface area (Å²) < 4.78 is 0. The zero-order chi connectivity index (χ0) is 11.6. The Morgan fingerprint density at radius 1 is 1.00 bits per heavy atom. The molecule has 15 heavy (non-hydrogen) atoms. The fourth-order valence-corrected chi connectivity index (χ4v) is 1.70. The molecule has 80 valence electrons. The van der Waals surface area contributed by atoms with Crippen LogP contribution >= 0.6 is 0 Å².